The number of hydrogen-bond acceptors (Lipinski definition) is 4. The number of anilines is 2. The Bertz CT molecular complexity index is 769. The molecule has 90 valence electrons. The Kier molecular flexibility index (Phi) is 2.09. The molecule has 18 heavy (non-hydrogen) atoms. The lowest BCUT2D eigenvalue weighted by atomic mass is 10.1. The fraction of sp³-hybridized carbons (Fsp3) is 0. The highest BCUT2D eigenvalue weighted by Crippen LogP contribution is 2.22. The monoisotopic (exact) mass is 241 g/mol. The van der Waals surface area contributed by atoms with E-state index in [-0.39, 0.29) is 11.5 Å². The number of aromatic nitrogens is 3. The molecule has 0 spiro atoms. The predicted octanol–water partition coefficient (Wildman–Crippen LogP) is 1.08. The molecule has 0 radical (unpaired) electrons. The smallest absolute Gasteiger partial charge is 0.261 e. The number of hydrogen-bond donors (Lipinski definition) is 4. The van der Waals surface area contributed by atoms with Crippen LogP contribution in [0.4, 0.5) is 11.6 Å². The molecule has 0 bridgehead atoms. The molecule has 0 atom stereocenters. The number of H-pyrrole nitrogens is 2. The number of nitrogens with zero attached hydrogens (tertiary/aromatic N) is 1. The largest absolute Gasteiger partial charge is 0.399 e. The zero-order valence-corrected chi connectivity index (χ0v) is 9.40. The number of aromatic amines is 2. The van der Waals surface area contributed by atoms with E-state index in [0.29, 0.717) is 16.7 Å². The van der Waals surface area contributed by atoms with Gasteiger partial charge >= 0.3 is 0 Å². The number of nitrogen functional groups attached to an aromatic ring is 2. The van der Waals surface area contributed by atoms with Gasteiger partial charge in [-0.3, -0.25) is 9.78 Å². The lowest BCUT2D eigenvalue weighted by molar-refractivity contribution is 1.18. The van der Waals surface area contributed by atoms with E-state index in [0.717, 1.165) is 11.3 Å². The van der Waals surface area contributed by atoms with Crippen molar-refractivity contribution >= 4 is 22.7 Å². The van der Waals surface area contributed by atoms with E-state index in [4.69, 9.17) is 11.5 Å². The summed E-state index contributed by atoms with van der Waals surface area (Å²) in [6.07, 6.45) is 0. The Hall–Kier alpha value is -2.76. The molecule has 0 aliphatic heterocycles. The number of nitrogens with two attached hydrogens (primary N) is 2. The summed E-state index contributed by atoms with van der Waals surface area (Å²) in [6.45, 7) is 0. The average molecular weight is 241 g/mol. The quantitative estimate of drug-likeness (QED) is 0.477. The first kappa shape index (κ1) is 10.4. The second kappa shape index (κ2) is 3.63. The Balaban J connectivity index is 2.22. The fourth-order valence-corrected chi connectivity index (χ4v) is 1.86. The normalized spacial score (nSPS) is 10.9. The van der Waals surface area contributed by atoms with Gasteiger partial charge in [0.2, 0.25) is 5.95 Å². The van der Waals surface area contributed by atoms with Crippen LogP contribution >= 0.6 is 0 Å². The van der Waals surface area contributed by atoms with E-state index in [1.165, 1.54) is 0 Å². The highest BCUT2D eigenvalue weighted by atomic mass is 16.1. The summed E-state index contributed by atoms with van der Waals surface area (Å²) in [4.78, 5) is 21.2. The summed E-state index contributed by atoms with van der Waals surface area (Å²) in [5, 5.41) is 0.482. The molecule has 2 heterocycles. The predicted molar refractivity (Wildman–Crippen MR) is 71.0 cm³/mol. The van der Waals surface area contributed by atoms with Crippen LogP contribution in [-0.4, -0.2) is 15.0 Å². The van der Waals surface area contributed by atoms with Crippen LogP contribution in [0.25, 0.3) is 22.3 Å². The number of nitrogens with one attached hydrogen (secondary N) is 2. The number of fused-ring (bicyclic) bond motifs is 1. The molecule has 6 nitrogen and oxygen atoms in total. The molecular formula is C12H11N5O. The first-order chi connectivity index (χ1) is 8.63. The van der Waals surface area contributed by atoms with Crippen molar-refractivity contribution < 1.29 is 0 Å². The van der Waals surface area contributed by atoms with Crippen LogP contribution in [0, 0.1) is 0 Å². The molecule has 0 aliphatic carbocycles. The summed E-state index contributed by atoms with van der Waals surface area (Å²) in [7, 11) is 0. The van der Waals surface area contributed by atoms with Gasteiger partial charge in [0, 0.05) is 11.4 Å². The minimum Gasteiger partial charge on any atom is -0.399 e. The Morgan fingerprint density at radius 3 is 2.50 bits per heavy atom. The molecule has 1 aromatic carbocycles. The van der Waals surface area contributed by atoms with Gasteiger partial charge in [-0.25, -0.2) is 0 Å². The van der Waals surface area contributed by atoms with Gasteiger partial charge < -0.3 is 16.5 Å². The Morgan fingerprint density at radius 2 is 1.78 bits per heavy atom. The highest BCUT2D eigenvalue weighted by Gasteiger charge is 2.08. The van der Waals surface area contributed by atoms with Crippen molar-refractivity contribution in [3.8, 4) is 11.3 Å². The first-order valence-electron chi connectivity index (χ1n) is 5.38. The minimum atomic E-state index is -0.254. The van der Waals surface area contributed by atoms with Crippen molar-refractivity contribution in [2.24, 2.45) is 0 Å². The maximum atomic E-state index is 11.7. The molecule has 3 aromatic rings. The third-order valence-corrected chi connectivity index (χ3v) is 2.74. The third-order valence-electron chi connectivity index (χ3n) is 2.74. The fourth-order valence-electron chi connectivity index (χ4n) is 1.86. The van der Waals surface area contributed by atoms with Crippen LogP contribution in [0.15, 0.2) is 35.1 Å². The van der Waals surface area contributed by atoms with E-state index in [1.807, 2.05) is 12.1 Å². The van der Waals surface area contributed by atoms with E-state index >= 15 is 0 Å². The average Bonchev–Trinajstić information content (AvgIpc) is 2.74. The summed E-state index contributed by atoms with van der Waals surface area (Å²) in [5.74, 6) is 0.0956. The van der Waals surface area contributed by atoms with Gasteiger partial charge in [0.05, 0.1) is 5.39 Å². The first-order valence-corrected chi connectivity index (χ1v) is 5.38. The van der Waals surface area contributed by atoms with Crippen LogP contribution in [0.5, 0.6) is 0 Å². The lowest BCUT2D eigenvalue weighted by Gasteiger charge is -1.97. The molecular weight excluding hydrogens is 230 g/mol. The summed E-state index contributed by atoms with van der Waals surface area (Å²) in [5.41, 5.74) is 13.8. The van der Waals surface area contributed by atoms with Crippen molar-refractivity contribution in [2.45, 2.75) is 0 Å². The molecule has 0 aliphatic rings. The van der Waals surface area contributed by atoms with E-state index < -0.39 is 0 Å². The van der Waals surface area contributed by atoms with Gasteiger partial charge in [-0.05, 0) is 23.8 Å². The maximum Gasteiger partial charge on any atom is 0.261 e. The van der Waals surface area contributed by atoms with E-state index in [9.17, 15) is 4.79 Å². The van der Waals surface area contributed by atoms with Crippen LogP contribution in [0.2, 0.25) is 0 Å². The zero-order valence-electron chi connectivity index (χ0n) is 9.40. The molecule has 0 amide bonds. The second-order valence-electron chi connectivity index (χ2n) is 4.02. The van der Waals surface area contributed by atoms with Crippen LogP contribution in [0.1, 0.15) is 0 Å². The standard InChI is InChI=1S/C12H11N5O/c13-7-3-1-6(2-4-7)9-5-8-10(15-9)16-12(14)17-11(8)18/h1-5H,13H2,(H4,14,15,16,17,18). The van der Waals surface area contributed by atoms with Crippen LogP contribution < -0.4 is 17.0 Å². The molecule has 0 saturated heterocycles. The van der Waals surface area contributed by atoms with Crippen molar-refractivity contribution in [1.82, 2.24) is 15.0 Å². The molecule has 6 heteroatoms. The van der Waals surface area contributed by atoms with Crippen LogP contribution in [0.3, 0.4) is 0 Å². The van der Waals surface area contributed by atoms with Gasteiger partial charge in [0.1, 0.15) is 5.65 Å². The minimum absolute atomic E-state index is 0.0956. The van der Waals surface area contributed by atoms with Gasteiger partial charge in [-0.1, -0.05) is 12.1 Å². The van der Waals surface area contributed by atoms with E-state index in [2.05, 4.69) is 15.0 Å². The van der Waals surface area contributed by atoms with Crippen molar-refractivity contribution in [2.75, 3.05) is 11.5 Å². The van der Waals surface area contributed by atoms with E-state index in [1.54, 1.807) is 18.2 Å². The molecule has 0 fully saturated rings. The van der Waals surface area contributed by atoms with Gasteiger partial charge in [-0.2, -0.15) is 4.98 Å². The van der Waals surface area contributed by atoms with Gasteiger partial charge in [-0.15, -0.1) is 0 Å². The lowest BCUT2D eigenvalue weighted by Crippen LogP contribution is -2.09. The number of rotatable bonds is 1. The zero-order chi connectivity index (χ0) is 12.7. The van der Waals surface area contributed by atoms with Crippen molar-refractivity contribution in [3.05, 3.63) is 40.7 Å². The molecule has 6 N–H and O–H groups in total. The van der Waals surface area contributed by atoms with Crippen molar-refractivity contribution in [1.29, 1.82) is 0 Å². The van der Waals surface area contributed by atoms with Gasteiger partial charge in [0.25, 0.3) is 5.56 Å². The van der Waals surface area contributed by atoms with Gasteiger partial charge in [0.15, 0.2) is 0 Å². The Morgan fingerprint density at radius 1 is 1.06 bits per heavy atom. The topological polar surface area (TPSA) is 114 Å². The van der Waals surface area contributed by atoms with Crippen molar-refractivity contribution in [3.63, 3.8) is 0 Å². The van der Waals surface area contributed by atoms with Crippen LogP contribution in [-0.2, 0) is 0 Å². The Labute approximate surface area is 102 Å². The number of benzene rings is 1. The highest BCUT2D eigenvalue weighted by molar-refractivity contribution is 5.83. The SMILES string of the molecule is Nc1ccc(-c2cc3c(=O)[nH]c(N)nc3[nH]2)cc1. The maximum absolute atomic E-state index is 11.7. The molecule has 2 aromatic heterocycles. The third kappa shape index (κ3) is 1.60. The second-order valence-corrected chi connectivity index (χ2v) is 4.02. The molecule has 0 unspecified atom stereocenters. The molecule has 3 rings (SSSR count). The summed E-state index contributed by atoms with van der Waals surface area (Å²) >= 11 is 0. The summed E-state index contributed by atoms with van der Waals surface area (Å²) < 4.78 is 0. The molecule has 0 saturated carbocycles. The summed E-state index contributed by atoms with van der Waals surface area (Å²) in [6, 6.07) is 9.08.